The summed E-state index contributed by atoms with van der Waals surface area (Å²) >= 11 is 0. The molecule has 4 heteroatoms. The molecule has 4 nitrogen and oxygen atoms in total. The van der Waals surface area contributed by atoms with Crippen molar-refractivity contribution in [2.75, 3.05) is 0 Å². The van der Waals surface area contributed by atoms with E-state index < -0.39 is 17.6 Å². The van der Waals surface area contributed by atoms with Crippen molar-refractivity contribution in [1.29, 1.82) is 0 Å². The average Bonchev–Trinajstić information content (AvgIpc) is 1.84. The highest BCUT2D eigenvalue weighted by Crippen LogP contribution is 2.07. The fraction of sp³-hybridized carbons (Fsp3) is 0.750. The van der Waals surface area contributed by atoms with Crippen molar-refractivity contribution in [2.24, 2.45) is 0 Å². The summed E-state index contributed by atoms with van der Waals surface area (Å²) in [6.45, 7) is 6.90. The third-order valence-electron chi connectivity index (χ3n) is 1.08. The van der Waals surface area contributed by atoms with Crippen LogP contribution in [-0.2, 0) is 14.3 Å². The Labute approximate surface area is 72.3 Å². The molecular weight excluding hydrogens is 158 g/mol. The summed E-state index contributed by atoms with van der Waals surface area (Å²) in [4.78, 5) is 21.1. The number of carbonyl (C=O) groups is 2. The van der Waals surface area contributed by atoms with Crippen molar-refractivity contribution in [1.82, 2.24) is 5.32 Å². The molecule has 1 atom stereocenters. The molecule has 70 valence electrons. The predicted molar refractivity (Wildman–Crippen MR) is 44.5 cm³/mol. The number of ether oxygens (including phenoxy) is 1. The van der Waals surface area contributed by atoms with Gasteiger partial charge in [-0.25, -0.2) is 4.79 Å². The lowest BCUT2D eigenvalue weighted by Gasteiger charge is -2.21. The first-order valence-corrected chi connectivity index (χ1v) is 3.79. The second kappa shape index (κ2) is 4.09. The number of amides is 1. The van der Waals surface area contributed by atoms with Crippen LogP contribution < -0.4 is 5.32 Å². The van der Waals surface area contributed by atoms with Gasteiger partial charge in [0, 0.05) is 0 Å². The van der Waals surface area contributed by atoms with Gasteiger partial charge >= 0.3 is 5.97 Å². The monoisotopic (exact) mass is 173 g/mol. The number of rotatable bonds is 3. The molecule has 0 aliphatic heterocycles. The fourth-order valence-corrected chi connectivity index (χ4v) is 0.560. The Morgan fingerprint density at radius 2 is 2.00 bits per heavy atom. The first-order chi connectivity index (χ1) is 5.37. The van der Waals surface area contributed by atoms with Crippen molar-refractivity contribution >= 4 is 12.4 Å². The van der Waals surface area contributed by atoms with Crippen LogP contribution in [0.4, 0.5) is 0 Å². The molecule has 1 unspecified atom stereocenters. The standard InChI is InChI=1S/C8H15NO3/c1-6(9-5-10)7(11)12-8(2,3)4/h5-6H,1-4H3,(H,9,10). The quantitative estimate of drug-likeness (QED) is 0.498. The fourth-order valence-electron chi connectivity index (χ4n) is 0.560. The van der Waals surface area contributed by atoms with Crippen LogP contribution in [0.5, 0.6) is 0 Å². The molecule has 12 heavy (non-hydrogen) atoms. The zero-order chi connectivity index (χ0) is 9.78. The van der Waals surface area contributed by atoms with E-state index in [4.69, 9.17) is 4.74 Å². The summed E-state index contributed by atoms with van der Waals surface area (Å²) in [6, 6.07) is -0.582. The predicted octanol–water partition coefficient (Wildman–Crippen LogP) is 0.463. The summed E-state index contributed by atoms with van der Waals surface area (Å²) in [5, 5.41) is 2.31. The summed E-state index contributed by atoms with van der Waals surface area (Å²) in [6.07, 6.45) is 0.481. The number of carbonyl (C=O) groups excluding carboxylic acids is 2. The smallest absolute Gasteiger partial charge is 0.328 e. The molecule has 0 saturated carbocycles. The van der Waals surface area contributed by atoms with Gasteiger partial charge in [0.2, 0.25) is 6.41 Å². The largest absolute Gasteiger partial charge is 0.458 e. The molecule has 0 aliphatic carbocycles. The van der Waals surface area contributed by atoms with E-state index in [1.807, 2.05) is 0 Å². The Kier molecular flexibility index (Phi) is 3.73. The SMILES string of the molecule is CC(NC=O)C(=O)OC(C)(C)C. The molecule has 0 aliphatic rings. The second-order valence-electron chi connectivity index (χ2n) is 3.54. The van der Waals surface area contributed by atoms with Crippen molar-refractivity contribution in [2.45, 2.75) is 39.3 Å². The second-order valence-corrected chi connectivity index (χ2v) is 3.54. The lowest BCUT2D eigenvalue weighted by Crippen LogP contribution is -2.38. The van der Waals surface area contributed by atoms with Crippen LogP contribution >= 0.6 is 0 Å². The lowest BCUT2D eigenvalue weighted by atomic mass is 10.2. The van der Waals surface area contributed by atoms with E-state index in [-0.39, 0.29) is 0 Å². The third-order valence-corrected chi connectivity index (χ3v) is 1.08. The molecule has 0 fully saturated rings. The van der Waals surface area contributed by atoms with Gasteiger partial charge in [-0.1, -0.05) is 0 Å². The first-order valence-electron chi connectivity index (χ1n) is 3.79. The highest BCUT2D eigenvalue weighted by Gasteiger charge is 2.20. The van der Waals surface area contributed by atoms with Crippen LogP contribution in [0.3, 0.4) is 0 Å². The number of esters is 1. The number of nitrogens with one attached hydrogen (secondary N) is 1. The van der Waals surface area contributed by atoms with Gasteiger partial charge in [-0.15, -0.1) is 0 Å². The van der Waals surface area contributed by atoms with Crippen LogP contribution in [0, 0.1) is 0 Å². The molecule has 0 saturated heterocycles. The van der Waals surface area contributed by atoms with E-state index in [1.165, 1.54) is 0 Å². The molecule has 0 bridgehead atoms. The molecule has 0 aromatic carbocycles. The molecular formula is C8H15NO3. The van der Waals surface area contributed by atoms with Crippen LogP contribution in [0.2, 0.25) is 0 Å². The van der Waals surface area contributed by atoms with Gasteiger partial charge in [0.05, 0.1) is 0 Å². The highest BCUT2D eigenvalue weighted by molar-refractivity contribution is 5.77. The van der Waals surface area contributed by atoms with E-state index >= 15 is 0 Å². The van der Waals surface area contributed by atoms with Gasteiger partial charge in [0.1, 0.15) is 11.6 Å². The van der Waals surface area contributed by atoms with Crippen molar-refractivity contribution in [3.8, 4) is 0 Å². The van der Waals surface area contributed by atoms with Gasteiger partial charge in [0.15, 0.2) is 0 Å². The molecule has 1 N–H and O–H groups in total. The molecule has 0 rings (SSSR count). The Hall–Kier alpha value is -1.06. The molecule has 0 aromatic rings. The van der Waals surface area contributed by atoms with Gasteiger partial charge in [-0.05, 0) is 27.7 Å². The Balaban J connectivity index is 3.95. The zero-order valence-corrected chi connectivity index (χ0v) is 7.88. The maximum Gasteiger partial charge on any atom is 0.328 e. The lowest BCUT2D eigenvalue weighted by molar-refractivity contribution is -0.157. The topological polar surface area (TPSA) is 55.4 Å². The summed E-state index contributed by atoms with van der Waals surface area (Å²) in [7, 11) is 0. The molecule has 0 aromatic heterocycles. The van der Waals surface area contributed by atoms with E-state index in [1.54, 1.807) is 27.7 Å². The zero-order valence-electron chi connectivity index (χ0n) is 7.88. The normalized spacial score (nSPS) is 13.3. The number of hydrogen-bond acceptors (Lipinski definition) is 3. The van der Waals surface area contributed by atoms with Crippen LogP contribution in [0.15, 0.2) is 0 Å². The van der Waals surface area contributed by atoms with Crippen molar-refractivity contribution in [3.63, 3.8) is 0 Å². The minimum Gasteiger partial charge on any atom is -0.458 e. The number of hydrogen-bond donors (Lipinski definition) is 1. The van der Waals surface area contributed by atoms with E-state index in [0.29, 0.717) is 6.41 Å². The summed E-state index contributed by atoms with van der Waals surface area (Å²) in [5.41, 5.74) is -0.504. The van der Waals surface area contributed by atoms with Crippen LogP contribution in [-0.4, -0.2) is 24.0 Å². The molecule has 1 amide bonds. The van der Waals surface area contributed by atoms with Crippen molar-refractivity contribution < 1.29 is 14.3 Å². The maximum absolute atomic E-state index is 11.1. The molecule has 0 spiro atoms. The third kappa shape index (κ3) is 4.71. The minimum absolute atomic E-state index is 0.422. The molecule has 0 heterocycles. The minimum atomic E-state index is -0.582. The summed E-state index contributed by atoms with van der Waals surface area (Å²) in [5.74, 6) is -0.422. The van der Waals surface area contributed by atoms with Crippen molar-refractivity contribution in [3.05, 3.63) is 0 Å². The van der Waals surface area contributed by atoms with E-state index in [0.717, 1.165) is 0 Å². The summed E-state index contributed by atoms with van der Waals surface area (Å²) < 4.78 is 4.99. The van der Waals surface area contributed by atoms with Crippen LogP contribution in [0.1, 0.15) is 27.7 Å². The van der Waals surface area contributed by atoms with E-state index in [2.05, 4.69) is 5.32 Å². The van der Waals surface area contributed by atoms with Gasteiger partial charge in [-0.2, -0.15) is 0 Å². The Morgan fingerprint density at radius 3 is 2.33 bits per heavy atom. The average molecular weight is 173 g/mol. The van der Waals surface area contributed by atoms with Crippen LogP contribution in [0.25, 0.3) is 0 Å². The Bertz CT molecular complexity index is 172. The first kappa shape index (κ1) is 10.9. The Morgan fingerprint density at radius 1 is 1.50 bits per heavy atom. The molecule has 0 radical (unpaired) electrons. The van der Waals surface area contributed by atoms with Gasteiger partial charge in [0.25, 0.3) is 0 Å². The highest BCUT2D eigenvalue weighted by atomic mass is 16.6. The van der Waals surface area contributed by atoms with E-state index in [9.17, 15) is 9.59 Å². The van der Waals surface area contributed by atoms with Gasteiger partial charge < -0.3 is 10.1 Å². The maximum atomic E-state index is 11.1. The van der Waals surface area contributed by atoms with Gasteiger partial charge in [-0.3, -0.25) is 4.79 Å².